The average Bonchev–Trinajstić information content (AvgIpc) is 2.77. The molecular formula is C11H16N4O. The predicted octanol–water partition coefficient (Wildman–Crippen LogP) is 0.357. The second kappa shape index (κ2) is 4.47. The Morgan fingerprint density at radius 1 is 1.62 bits per heavy atom. The normalized spacial score (nSPS) is 19.9. The lowest BCUT2D eigenvalue weighted by atomic mass is 10.1. The van der Waals surface area contributed by atoms with Crippen molar-refractivity contribution in [2.45, 2.75) is 13.3 Å². The lowest BCUT2D eigenvalue weighted by Crippen LogP contribution is -2.30. The standard InChI is InChI=1S/C11H16N4O/c1-8-13-5-3-10(14-8)15-6-4-9(7-15)11(16)12-2/h3,5,9H,4,6-7H2,1-2H3,(H,12,16)/t9-/m1/s1. The first-order valence-corrected chi connectivity index (χ1v) is 5.47. The molecule has 1 aliphatic heterocycles. The molecule has 2 rings (SSSR count). The number of nitrogens with one attached hydrogen (secondary N) is 1. The Morgan fingerprint density at radius 2 is 2.44 bits per heavy atom. The number of rotatable bonds is 2. The Bertz CT molecular complexity index is 393. The van der Waals surface area contributed by atoms with Crippen molar-refractivity contribution >= 4 is 11.7 Å². The molecule has 0 unspecified atom stereocenters. The molecule has 1 saturated heterocycles. The summed E-state index contributed by atoms with van der Waals surface area (Å²) in [5.74, 6) is 1.88. The Balaban J connectivity index is 2.06. The van der Waals surface area contributed by atoms with E-state index < -0.39 is 0 Å². The number of carbonyl (C=O) groups excluding carboxylic acids is 1. The first kappa shape index (κ1) is 10.9. The molecule has 0 spiro atoms. The molecule has 1 N–H and O–H groups in total. The maximum absolute atomic E-state index is 11.5. The number of hydrogen-bond donors (Lipinski definition) is 1. The molecule has 0 aliphatic carbocycles. The van der Waals surface area contributed by atoms with E-state index in [4.69, 9.17) is 0 Å². The van der Waals surface area contributed by atoms with Crippen LogP contribution in [-0.2, 0) is 4.79 Å². The maximum atomic E-state index is 11.5. The zero-order chi connectivity index (χ0) is 11.5. The molecule has 0 bridgehead atoms. The summed E-state index contributed by atoms with van der Waals surface area (Å²) in [6.45, 7) is 3.50. The fourth-order valence-electron chi connectivity index (χ4n) is 2.01. The van der Waals surface area contributed by atoms with Crippen LogP contribution in [0.15, 0.2) is 12.3 Å². The van der Waals surface area contributed by atoms with E-state index in [-0.39, 0.29) is 11.8 Å². The molecule has 1 fully saturated rings. The summed E-state index contributed by atoms with van der Waals surface area (Å²) in [5.41, 5.74) is 0. The van der Waals surface area contributed by atoms with Crippen LogP contribution in [0.25, 0.3) is 0 Å². The van der Waals surface area contributed by atoms with Crippen molar-refractivity contribution in [3.8, 4) is 0 Å². The van der Waals surface area contributed by atoms with Gasteiger partial charge >= 0.3 is 0 Å². The zero-order valence-electron chi connectivity index (χ0n) is 9.60. The maximum Gasteiger partial charge on any atom is 0.224 e. The van der Waals surface area contributed by atoms with Gasteiger partial charge in [-0.3, -0.25) is 4.79 Å². The summed E-state index contributed by atoms with van der Waals surface area (Å²) in [6.07, 6.45) is 2.65. The van der Waals surface area contributed by atoms with Crippen LogP contribution >= 0.6 is 0 Å². The predicted molar refractivity (Wildman–Crippen MR) is 61.2 cm³/mol. The SMILES string of the molecule is CNC(=O)[C@@H]1CCN(c2ccnc(C)n2)C1. The second-order valence-corrected chi connectivity index (χ2v) is 4.01. The summed E-state index contributed by atoms with van der Waals surface area (Å²) in [7, 11) is 1.68. The van der Waals surface area contributed by atoms with Crippen LogP contribution < -0.4 is 10.2 Å². The number of hydrogen-bond acceptors (Lipinski definition) is 4. The van der Waals surface area contributed by atoms with Crippen LogP contribution in [0.4, 0.5) is 5.82 Å². The lowest BCUT2D eigenvalue weighted by Gasteiger charge is -2.17. The van der Waals surface area contributed by atoms with Gasteiger partial charge in [-0.05, 0) is 19.4 Å². The number of aryl methyl sites for hydroxylation is 1. The van der Waals surface area contributed by atoms with E-state index in [1.54, 1.807) is 13.2 Å². The second-order valence-electron chi connectivity index (χ2n) is 4.01. The van der Waals surface area contributed by atoms with Crippen LogP contribution in [0.3, 0.4) is 0 Å². The van der Waals surface area contributed by atoms with Gasteiger partial charge in [-0.1, -0.05) is 0 Å². The number of carbonyl (C=O) groups is 1. The van der Waals surface area contributed by atoms with Crippen molar-refractivity contribution < 1.29 is 4.79 Å². The van der Waals surface area contributed by atoms with Crippen LogP contribution in [0.1, 0.15) is 12.2 Å². The molecule has 16 heavy (non-hydrogen) atoms. The minimum absolute atomic E-state index is 0.0836. The van der Waals surface area contributed by atoms with E-state index in [1.165, 1.54) is 0 Å². The average molecular weight is 220 g/mol. The smallest absolute Gasteiger partial charge is 0.224 e. The van der Waals surface area contributed by atoms with Crippen LogP contribution in [0.2, 0.25) is 0 Å². The largest absolute Gasteiger partial charge is 0.359 e. The number of anilines is 1. The van der Waals surface area contributed by atoms with Gasteiger partial charge in [-0.15, -0.1) is 0 Å². The van der Waals surface area contributed by atoms with Gasteiger partial charge in [0.05, 0.1) is 5.92 Å². The molecule has 5 heteroatoms. The minimum atomic E-state index is 0.0836. The summed E-state index contributed by atoms with van der Waals surface area (Å²) in [6, 6.07) is 1.89. The van der Waals surface area contributed by atoms with Gasteiger partial charge in [-0.2, -0.15) is 0 Å². The van der Waals surface area contributed by atoms with Crippen molar-refractivity contribution in [3.05, 3.63) is 18.1 Å². The van der Waals surface area contributed by atoms with E-state index in [0.29, 0.717) is 0 Å². The fourth-order valence-corrected chi connectivity index (χ4v) is 2.01. The van der Waals surface area contributed by atoms with Crippen LogP contribution in [0.5, 0.6) is 0 Å². The van der Waals surface area contributed by atoms with E-state index in [9.17, 15) is 4.79 Å². The van der Waals surface area contributed by atoms with Crippen molar-refractivity contribution in [2.75, 3.05) is 25.0 Å². The molecule has 0 radical (unpaired) electrons. The Kier molecular flexibility index (Phi) is 3.03. The molecule has 1 atom stereocenters. The van der Waals surface area contributed by atoms with Crippen molar-refractivity contribution in [2.24, 2.45) is 5.92 Å². The first-order valence-electron chi connectivity index (χ1n) is 5.47. The highest BCUT2D eigenvalue weighted by molar-refractivity contribution is 5.79. The van der Waals surface area contributed by atoms with E-state index >= 15 is 0 Å². The van der Waals surface area contributed by atoms with Crippen molar-refractivity contribution in [3.63, 3.8) is 0 Å². The summed E-state index contributed by atoms with van der Waals surface area (Å²) in [4.78, 5) is 22.0. The lowest BCUT2D eigenvalue weighted by molar-refractivity contribution is -0.123. The van der Waals surface area contributed by atoms with Crippen molar-refractivity contribution in [1.82, 2.24) is 15.3 Å². The van der Waals surface area contributed by atoms with Crippen LogP contribution in [-0.4, -0.2) is 36.0 Å². The summed E-state index contributed by atoms with van der Waals surface area (Å²) in [5, 5.41) is 2.69. The van der Waals surface area contributed by atoms with Gasteiger partial charge in [0.15, 0.2) is 0 Å². The highest BCUT2D eigenvalue weighted by atomic mass is 16.1. The van der Waals surface area contributed by atoms with E-state index in [0.717, 1.165) is 31.2 Å². The monoisotopic (exact) mass is 220 g/mol. The summed E-state index contributed by atoms with van der Waals surface area (Å²) >= 11 is 0. The highest BCUT2D eigenvalue weighted by Gasteiger charge is 2.28. The molecule has 1 aromatic heterocycles. The highest BCUT2D eigenvalue weighted by Crippen LogP contribution is 2.21. The van der Waals surface area contributed by atoms with Gasteiger partial charge in [0.25, 0.3) is 0 Å². The molecule has 86 valence electrons. The molecule has 5 nitrogen and oxygen atoms in total. The fraction of sp³-hybridized carbons (Fsp3) is 0.545. The van der Waals surface area contributed by atoms with Gasteiger partial charge in [0, 0.05) is 26.3 Å². The third kappa shape index (κ3) is 2.13. The zero-order valence-corrected chi connectivity index (χ0v) is 9.60. The molecular weight excluding hydrogens is 204 g/mol. The van der Waals surface area contributed by atoms with E-state index in [2.05, 4.69) is 20.2 Å². The van der Waals surface area contributed by atoms with E-state index in [1.807, 2.05) is 13.0 Å². The summed E-state index contributed by atoms with van der Waals surface area (Å²) < 4.78 is 0. The molecule has 0 saturated carbocycles. The molecule has 1 aliphatic rings. The third-order valence-electron chi connectivity index (χ3n) is 2.89. The Labute approximate surface area is 94.9 Å². The number of amides is 1. The van der Waals surface area contributed by atoms with Crippen molar-refractivity contribution in [1.29, 1.82) is 0 Å². The van der Waals surface area contributed by atoms with Crippen LogP contribution in [0, 0.1) is 12.8 Å². The van der Waals surface area contributed by atoms with Gasteiger partial charge < -0.3 is 10.2 Å². The first-order chi connectivity index (χ1) is 7.70. The quantitative estimate of drug-likeness (QED) is 0.781. The Morgan fingerprint density at radius 3 is 3.12 bits per heavy atom. The topological polar surface area (TPSA) is 58.1 Å². The molecule has 1 aromatic rings. The van der Waals surface area contributed by atoms with Gasteiger partial charge in [0.1, 0.15) is 11.6 Å². The Hall–Kier alpha value is -1.65. The molecule has 1 amide bonds. The number of aromatic nitrogens is 2. The molecule has 2 heterocycles. The van der Waals surface area contributed by atoms with Gasteiger partial charge in [0.2, 0.25) is 5.91 Å². The minimum Gasteiger partial charge on any atom is -0.359 e. The molecule has 0 aromatic carbocycles. The van der Waals surface area contributed by atoms with Gasteiger partial charge in [-0.25, -0.2) is 9.97 Å². The third-order valence-corrected chi connectivity index (χ3v) is 2.89. The number of nitrogens with zero attached hydrogens (tertiary/aromatic N) is 3.